The number of nitrogens with one attached hydrogen (secondary N) is 1. The van der Waals surface area contributed by atoms with Crippen LogP contribution in [0, 0.1) is 5.92 Å². The first-order chi connectivity index (χ1) is 8.15. The first-order valence-electron chi connectivity index (χ1n) is 5.69. The fourth-order valence-electron chi connectivity index (χ4n) is 1.48. The third-order valence-corrected chi connectivity index (χ3v) is 2.35. The van der Waals surface area contributed by atoms with Crippen LogP contribution >= 0.6 is 0 Å². The van der Waals surface area contributed by atoms with Crippen molar-refractivity contribution < 1.29 is 4.74 Å². The Kier molecular flexibility index (Phi) is 3.32. The van der Waals surface area contributed by atoms with Gasteiger partial charge in [0.25, 0.3) is 0 Å². The Morgan fingerprint density at radius 1 is 1.29 bits per heavy atom. The lowest BCUT2D eigenvalue weighted by Gasteiger charge is -2.08. The number of rotatable bonds is 4. The molecule has 4 nitrogen and oxygen atoms in total. The van der Waals surface area contributed by atoms with E-state index in [1.165, 1.54) is 0 Å². The highest BCUT2D eigenvalue weighted by Crippen LogP contribution is 2.21. The number of H-pyrrole nitrogens is 1. The van der Waals surface area contributed by atoms with E-state index in [1.54, 1.807) is 0 Å². The topological polar surface area (TPSA) is 63.9 Å². The second-order valence-corrected chi connectivity index (χ2v) is 4.44. The van der Waals surface area contributed by atoms with Crippen molar-refractivity contribution in [1.29, 1.82) is 0 Å². The first kappa shape index (κ1) is 11.5. The minimum absolute atomic E-state index is 0.500. The van der Waals surface area contributed by atoms with Crippen molar-refractivity contribution in [3.63, 3.8) is 0 Å². The highest BCUT2D eigenvalue weighted by molar-refractivity contribution is 5.62. The van der Waals surface area contributed by atoms with Crippen LogP contribution in [0.5, 0.6) is 5.75 Å². The van der Waals surface area contributed by atoms with Crippen molar-refractivity contribution >= 4 is 5.82 Å². The number of nitrogens with zero attached hydrogens (tertiary/aromatic N) is 1. The maximum atomic E-state index is 5.61. The maximum Gasteiger partial charge on any atom is 0.145 e. The summed E-state index contributed by atoms with van der Waals surface area (Å²) in [4.78, 5) is 0. The number of aromatic amines is 1. The molecule has 2 aromatic rings. The van der Waals surface area contributed by atoms with Crippen LogP contribution in [0.25, 0.3) is 11.3 Å². The van der Waals surface area contributed by atoms with Gasteiger partial charge in [0.15, 0.2) is 0 Å². The van der Waals surface area contributed by atoms with Crippen molar-refractivity contribution in [3.8, 4) is 17.0 Å². The van der Waals surface area contributed by atoms with E-state index >= 15 is 0 Å². The SMILES string of the molecule is CC(C)COc1ccc(-c2cc(N)n[nH]2)cc1. The van der Waals surface area contributed by atoms with E-state index in [1.807, 2.05) is 30.3 Å². The normalized spacial score (nSPS) is 10.8. The monoisotopic (exact) mass is 231 g/mol. The van der Waals surface area contributed by atoms with Gasteiger partial charge in [0, 0.05) is 6.07 Å². The molecule has 0 atom stereocenters. The molecule has 0 fully saturated rings. The molecule has 0 spiro atoms. The molecule has 0 amide bonds. The number of aromatic nitrogens is 2. The van der Waals surface area contributed by atoms with Gasteiger partial charge < -0.3 is 10.5 Å². The third kappa shape index (κ3) is 3.00. The average Bonchev–Trinajstić information content (AvgIpc) is 2.74. The maximum absolute atomic E-state index is 5.61. The van der Waals surface area contributed by atoms with Crippen LogP contribution in [0.1, 0.15) is 13.8 Å². The smallest absolute Gasteiger partial charge is 0.145 e. The molecule has 3 N–H and O–H groups in total. The Labute approximate surface area is 101 Å². The predicted octanol–water partition coefficient (Wildman–Crippen LogP) is 2.69. The highest BCUT2D eigenvalue weighted by Gasteiger charge is 2.02. The predicted molar refractivity (Wildman–Crippen MR) is 68.8 cm³/mol. The third-order valence-electron chi connectivity index (χ3n) is 2.35. The Balaban J connectivity index is 2.07. The first-order valence-corrected chi connectivity index (χ1v) is 5.69. The molecule has 0 aliphatic rings. The van der Waals surface area contributed by atoms with Crippen molar-refractivity contribution in [1.82, 2.24) is 10.2 Å². The molecule has 0 unspecified atom stereocenters. The van der Waals surface area contributed by atoms with E-state index in [-0.39, 0.29) is 0 Å². The second-order valence-electron chi connectivity index (χ2n) is 4.44. The van der Waals surface area contributed by atoms with E-state index in [2.05, 4.69) is 24.0 Å². The van der Waals surface area contributed by atoms with Gasteiger partial charge in [-0.3, -0.25) is 5.10 Å². The van der Waals surface area contributed by atoms with Gasteiger partial charge in [0.2, 0.25) is 0 Å². The summed E-state index contributed by atoms with van der Waals surface area (Å²) in [6, 6.07) is 9.69. The van der Waals surface area contributed by atoms with Crippen molar-refractivity contribution in [2.24, 2.45) is 5.92 Å². The van der Waals surface area contributed by atoms with Crippen molar-refractivity contribution in [3.05, 3.63) is 30.3 Å². The molecule has 1 heterocycles. The molecule has 0 saturated heterocycles. The minimum Gasteiger partial charge on any atom is -0.493 e. The van der Waals surface area contributed by atoms with E-state index in [0.29, 0.717) is 11.7 Å². The number of anilines is 1. The lowest BCUT2D eigenvalue weighted by atomic mass is 10.1. The van der Waals surface area contributed by atoms with Crippen molar-refractivity contribution in [2.75, 3.05) is 12.3 Å². The van der Waals surface area contributed by atoms with Crippen LogP contribution in [0.15, 0.2) is 30.3 Å². The van der Waals surface area contributed by atoms with Crippen LogP contribution in [0.3, 0.4) is 0 Å². The van der Waals surface area contributed by atoms with Crippen molar-refractivity contribution in [2.45, 2.75) is 13.8 Å². The average molecular weight is 231 g/mol. The Morgan fingerprint density at radius 2 is 2.00 bits per heavy atom. The van der Waals surface area contributed by atoms with Crippen LogP contribution in [0.2, 0.25) is 0 Å². The molecule has 0 aliphatic carbocycles. The molecule has 0 bridgehead atoms. The summed E-state index contributed by atoms with van der Waals surface area (Å²) in [6.45, 7) is 4.99. The molecule has 90 valence electrons. The summed E-state index contributed by atoms with van der Waals surface area (Å²) < 4.78 is 5.61. The lowest BCUT2D eigenvalue weighted by molar-refractivity contribution is 0.271. The molecule has 4 heteroatoms. The molecule has 0 aliphatic heterocycles. The largest absolute Gasteiger partial charge is 0.493 e. The zero-order chi connectivity index (χ0) is 12.3. The van der Waals surface area contributed by atoms with Gasteiger partial charge in [-0.1, -0.05) is 13.8 Å². The second kappa shape index (κ2) is 4.91. The van der Waals surface area contributed by atoms with Gasteiger partial charge in [-0.2, -0.15) is 5.10 Å². The summed E-state index contributed by atoms with van der Waals surface area (Å²) in [6.07, 6.45) is 0. The zero-order valence-corrected chi connectivity index (χ0v) is 10.1. The van der Waals surface area contributed by atoms with Crippen LogP contribution in [-0.4, -0.2) is 16.8 Å². The standard InChI is InChI=1S/C13H17N3O/c1-9(2)8-17-11-5-3-10(4-6-11)12-7-13(14)16-15-12/h3-7,9H,8H2,1-2H3,(H3,14,15,16). The molecule has 0 radical (unpaired) electrons. The molecule has 17 heavy (non-hydrogen) atoms. The number of ether oxygens (including phenoxy) is 1. The number of nitrogen functional groups attached to an aromatic ring is 1. The molecular weight excluding hydrogens is 214 g/mol. The number of nitrogens with two attached hydrogens (primary N) is 1. The molecular formula is C13H17N3O. The fraction of sp³-hybridized carbons (Fsp3) is 0.308. The van der Waals surface area contributed by atoms with Gasteiger partial charge in [0.05, 0.1) is 12.3 Å². The van der Waals surface area contributed by atoms with E-state index in [9.17, 15) is 0 Å². The molecule has 2 rings (SSSR count). The Bertz CT molecular complexity index is 474. The Morgan fingerprint density at radius 3 is 2.53 bits per heavy atom. The summed E-state index contributed by atoms with van der Waals surface area (Å²) in [5, 5.41) is 6.77. The molecule has 1 aromatic carbocycles. The number of hydrogen-bond acceptors (Lipinski definition) is 3. The van der Waals surface area contributed by atoms with Gasteiger partial charge in [-0.25, -0.2) is 0 Å². The lowest BCUT2D eigenvalue weighted by Crippen LogP contribution is -2.04. The fourth-order valence-corrected chi connectivity index (χ4v) is 1.48. The zero-order valence-electron chi connectivity index (χ0n) is 10.1. The molecule has 0 saturated carbocycles. The molecule has 1 aromatic heterocycles. The Hall–Kier alpha value is -1.97. The summed E-state index contributed by atoms with van der Waals surface area (Å²) in [7, 11) is 0. The van der Waals surface area contributed by atoms with Crippen LogP contribution < -0.4 is 10.5 Å². The van der Waals surface area contributed by atoms with Gasteiger partial charge in [-0.15, -0.1) is 0 Å². The van der Waals surface area contributed by atoms with Gasteiger partial charge in [-0.05, 0) is 35.7 Å². The number of benzene rings is 1. The highest BCUT2D eigenvalue weighted by atomic mass is 16.5. The van der Waals surface area contributed by atoms with Crippen LogP contribution in [0.4, 0.5) is 5.82 Å². The van der Waals surface area contributed by atoms with Gasteiger partial charge in [0.1, 0.15) is 11.6 Å². The summed E-state index contributed by atoms with van der Waals surface area (Å²) in [5.74, 6) is 1.91. The van der Waals surface area contributed by atoms with E-state index in [0.717, 1.165) is 23.6 Å². The quantitative estimate of drug-likeness (QED) is 0.850. The minimum atomic E-state index is 0.500. The van der Waals surface area contributed by atoms with Crippen LogP contribution in [-0.2, 0) is 0 Å². The van der Waals surface area contributed by atoms with E-state index < -0.39 is 0 Å². The summed E-state index contributed by atoms with van der Waals surface area (Å²) in [5.41, 5.74) is 7.52. The summed E-state index contributed by atoms with van der Waals surface area (Å²) >= 11 is 0. The van der Waals surface area contributed by atoms with E-state index in [4.69, 9.17) is 10.5 Å². The van der Waals surface area contributed by atoms with Gasteiger partial charge >= 0.3 is 0 Å². The number of hydrogen-bond donors (Lipinski definition) is 2.